The first-order valence-corrected chi connectivity index (χ1v) is 6.65. The van der Waals surface area contributed by atoms with Crippen LogP contribution in [0.3, 0.4) is 0 Å². The molecule has 0 radical (unpaired) electrons. The number of hydrogen-bond acceptors (Lipinski definition) is 2. The van der Waals surface area contributed by atoms with Gasteiger partial charge in [0.2, 0.25) is 0 Å². The number of rotatable bonds is 5. The van der Waals surface area contributed by atoms with E-state index in [0.29, 0.717) is 0 Å². The Balaban J connectivity index is 2.18. The summed E-state index contributed by atoms with van der Waals surface area (Å²) in [6.45, 7) is 0.816. The molecule has 0 saturated heterocycles. The van der Waals surface area contributed by atoms with E-state index in [9.17, 15) is 0 Å². The predicted molar refractivity (Wildman–Crippen MR) is 79.8 cm³/mol. The van der Waals surface area contributed by atoms with Crippen LogP contribution in [0, 0.1) is 0 Å². The molecule has 0 amide bonds. The quantitative estimate of drug-likeness (QED) is 0.817. The van der Waals surface area contributed by atoms with Crippen molar-refractivity contribution in [2.45, 2.75) is 6.10 Å². The molecule has 0 bridgehead atoms. The lowest BCUT2D eigenvalue weighted by Gasteiger charge is -2.23. The van der Waals surface area contributed by atoms with Crippen LogP contribution in [0.4, 0.5) is 0 Å². The lowest BCUT2D eigenvalue weighted by molar-refractivity contribution is 0.162. The van der Waals surface area contributed by atoms with E-state index >= 15 is 0 Å². The Morgan fingerprint density at radius 2 is 1.63 bits per heavy atom. The van der Waals surface area contributed by atoms with Crippen LogP contribution in [0.1, 0.15) is 11.7 Å². The summed E-state index contributed by atoms with van der Waals surface area (Å²) in [5, 5.41) is 0.743. The molecule has 0 aliphatic heterocycles. The van der Waals surface area contributed by atoms with Gasteiger partial charge >= 0.3 is 0 Å². The number of halogens is 1. The molecule has 0 N–H and O–H groups in total. The highest BCUT2D eigenvalue weighted by atomic mass is 35.5. The van der Waals surface area contributed by atoms with Gasteiger partial charge in [-0.05, 0) is 43.9 Å². The molecule has 19 heavy (non-hydrogen) atoms. The molecule has 3 heteroatoms. The molecule has 2 rings (SSSR count). The Morgan fingerprint density at radius 3 is 2.21 bits per heavy atom. The molecule has 0 saturated carbocycles. The van der Waals surface area contributed by atoms with Crippen molar-refractivity contribution in [1.29, 1.82) is 0 Å². The highest BCUT2D eigenvalue weighted by Gasteiger charge is 2.14. The van der Waals surface area contributed by atoms with E-state index in [-0.39, 0.29) is 6.10 Å². The van der Waals surface area contributed by atoms with Crippen molar-refractivity contribution < 1.29 is 4.74 Å². The van der Waals surface area contributed by atoms with E-state index in [0.717, 1.165) is 22.9 Å². The van der Waals surface area contributed by atoms with Crippen molar-refractivity contribution >= 4 is 11.6 Å². The second-order valence-corrected chi connectivity index (χ2v) is 5.17. The minimum Gasteiger partial charge on any atom is -0.484 e. The monoisotopic (exact) mass is 275 g/mol. The number of benzene rings is 2. The van der Waals surface area contributed by atoms with E-state index < -0.39 is 0 Å². The second-order valence-electron chi connectivity index (χ2n) is 4.73. The van der Waals surface area contributed by atoms with Crippen LogP contribution < -0.4 is 4.74 Å². The van der Waals surface area contributed by atoms with E-state index in [1.165, 1.54) is 0 Å². The van der Waals surface area contributed by atoms with Crippen LogP contribution in [-0.2, 0) is 0 Å². The topological polar surface area (TPSA) is 12.5 Å². The number of para-hydroxylation sites is 1. The van der Waals surface area contributed by atoms with E-state index in [1.807, 2.05) is 68.7 Å². The fourth-order valence-corrected chi connectivity index (χ4v) is 2.01. The zero-order chi connectivity index (χ0) is 13.7. The van der Waals surface area contributed by atoms with Gasteiger partial charge in [0.15, 0.2) is 0 Å². The van der Waals surface area contributed by atoms with Crippen molar-refractivity contribution in [3.8, 4) is 5.75 Å². The average Bonchev–Trinajstić information content (AvgIpc) is 2.39. The highest BCUT2D eigenvalue weighted by Crippen LogP contribution is 2.23. The van der Waals surface area contributed by atoms with Crippen LogP contribution in [0.5, 0.6) is 5.75 Å². The van der Waals surface area contributed by atoms with Crippen LogP contribution in [0.25, 0.3) is 0 Å². The molecule has 0 heterocycles. The SMILES string of the molecule is CN(C)C[C@@H](Oc1ccccc1)c1ccc(Cl)cc1. The van der Waals surface area contributed by atoms with Crippen LogP contribution in [-0.4, -0.2) is 25.5 Å². The Hall–Kier alpha value is -1.51. The van der Waals surface area contributed by atoms with Gasteiger partial charge in [-0.25, -0.2) is 0 Å². The fraction of sp³-hybridized carbons (Fsp3) is 0.250. The molecular weight excluding hydrogens is 258 g/mol. The summed E-state index contributed by atoms with van der Waals surface area (Å²) in [5.41, 5.74) is 1.13. The maximum absolute atomic E-state index is 6.07. The smallest absolute Gasteiger partial charge is 0.136 e. The maximum atomic E-state index is 6.07. The van der Waals surface area contributed by atoms with Gasteiger partial charge < -0.3 is 9.64 Å². The summed E-state index contributed by atoms with van der Waals surface area (Å²) in [5.74, 6) is 0.879. The summed E-state index contributed by atoms with van der Waals surface area (Å²) in [7, 11) is 4.08. The van der Waals surface area contributed by atoms with E-state index in [1.54, 1.807) is 0 Å². The molecule has 2 aromatic carbocycles. The lowest BCUT2D eigenvalue weighted by Crippen LogP contribution is -2.24. The van der Waals surface area contributed by atoms with E-state index in [2.05, 4.69) is 4.90 Å². The molecular formula is C16H18ClNO. The number of ether oxygens (including phenoxy) is 1. The summed E-state index contributed by atoms with van der Waals surface area (Å²) >= 11 is 5.93. The zero-order valence-corrected chi connectivity index (χ0v) is 12.0. The third-order valence-corrected chi connectivity index (χ3v) is 3.05. The normalized spacial score (nSPS) is 12.4. The second kappa shape index (κ2) is 6.60. The minimum atomic E-state index is -0.00494. The van der Waals surface area contributed by atoms with Crippen molar-refractivity contribution in [2.24, 2.45) is 0 Å². The van der Waals surface area contributed by atoms with Gasteiger partial charge in [-0.1, -0.05) is 41.9 Å². The summed E-state index contributed by atoms with van der Waals surface area (Å²) < 4.78 is 6.07. The van der Waals surface area contributed by atoms with Crippen molar-refractivity contribution in [3.63, 3.8) is 0 Å². The largest absolute Gasteiger partial charge is 0.484 e. The Bertz CT molecular complexity index is 496. The first kappa shape index (κ1) is 13.9. The van der Waals surface area contributed by atoms with Gasteiger partial charge in [0.25, 0.3) is 0 Å². The third-order valence-electron chi connectivity index (χ3n) is 2.79. The molecule has 0 spiro atoms. The molecule has 0 aromatic heterocycles. The molecule has 100 valence electrons. The molecule has 2 nitrogen and oxygen atoms in total. The van der Waals surface area contributed by atoms with Crippen LogP contribution >= 0.6 is 11.6 Å². The van der Waals surface area contributed by atoms with Crippen LogP contribution in [0.2, 0.25) is 5.02 Å². The molecule has 2 aromatic rings. The van der Waals surface area contributed by atoms with Crippen LogP contribution in [0.15, 0.2) is 54.6 Å². The molecule has 0 unspecified atom stereocenters. The Morgan fingerprint density at radius 1 is 1.00 bits per heavy atom. The zero-order valence-electron chi connectivity index (χ0n) is 11.2. The third kappa shape index (κ3) is 4.27. The van der Waals surface area contributed by atoms with Crippen molar-refractivity contribution in [3.05, 3.63) is 65.2 Å². The average molecular weight is 276 g/mol. The fourth-order valence-electron chi connectivity index (χ4n) is 1.88. The van der Waals surface area contributed by atoms with Gasteiger partial charge in [-0.3, -0.25) is 0 Å². The molecule has 0 fully saturated rings. The lowest BCUT2D eigenvalue weighted by atomic mass is 10.1. The number of nitrogens with zero attached hydrogens (tertiary/aromatic N) is 1. The molecule has 0 aliphatic rings. The highest BCUT2D eigenvalue weighted by molar-refractivity contribution is 6.30. The van der Waals surface area contributed by atoms with Crippen molar-refractivity contribution in [2.75, 3.05) is 20.6 Å². The predicted octanol–water partition coefficient (Wildman–Crippen LogP) is 4.02. The maximum Gasteiger partial charge on any atom is 0.136 e. The van der Waals surface area contributed by atoms with Gasteiger partial charge in [0, 0.05) is 11.6 Å². The Labute approximate surface area is 119 Å². The van der Waals surface area contributed by atoms with Gasteiger partial charge in [0.05, 0.1) is 0 Å². The summed E-state index contributed by atoms with van der Waals surface area (Å²) in [6.07, 6.45) is -0.00494. The standard InChI is InChI=1S/C16H18ClNO/c1-18(2)12-16(13-8-10-14(17)11-9-13)19-15-6-4-3-5-7-15/h3-11,16H,12H2,1-2H3/t16-/m1/s1. The molecule has 1 atom stereocenters. The Kier molecular flexibility index (Phi) is 4.83. The molecule has 0 aliphatic carbocycles. The summed E-state index contributed by atoms with van der Waals surface area (Å²) in [4.78, 5) is 2.11. The van der Waals surface area contributed by atoms with Gasteiger partial charge in [-0.15, -0.1) is 0 Å². The van der Waals surface area contributed by atoms with Gasteiger partial charge in [0.1, 0.15) is 11.9 Å². The summed E-state index contributed by atoms with van der Waals surface area (Å²) in [6, 6.07) is 17.7. The van der Waals surface area contributed by atoms with Gasteiger partial charge in [-0.2, -0.15) is 0 Å². The number of hydrogen-bond donors (Lipinski definition) is 0. The first-order chi connectivity index (χ1) is 9.15. The number of likely N-dealkylation sites (N-methyl/N-ethyl adjacent to an activating group) is 1. The van der Waals surface area contributed by atoms with E-state index in [4.69, 9.17) is 16.3 Å². The van der Waals surface area contributed by atoms with Crippen molar-refractivity contribution in [1.82, 2.24) is 4.90 Å². The minimum absolute atomic E-state index is 0.00494. The first-order valence-electron chi connectivity index (χ1n) is 6.27.